The molecule has 0 aliphatic carbocycles. The quantitative estimate of drug-likeness (QED) is 0.382. The van der Waals surface area contributed by atoms with Crippen molar-refractivity contribution in [3.8, 4) is 0 Å². The molecule has 4 nitrogen and oxygen atoms in total. The number of nitrogens with zero attached hydrogens (tertiary/aromatic N) is 1. The van der Waals surface area contributed by atoms with Crippen LogP contribution in [0.3, 0.4) is 0 Å². The fourth-order valence-electron chi connectivity index (χ4n) is 2.42. The van der Waals surface area contributed by atoms with Crippen LogP contribution in [0.5, 0.6) is 0 Å². The van der Waals surface area contributed by atoms with Crippen LogP contribution in [-0.2, 0) is 4.79 Å². The average Bonchev–Trinajstić information content (AvgIpc) is 2.48. The zero-order chi connectivity index (χ0) is 15.9. The highest BCUT2D eigenvalue weighted by molar-refractivity contribution is 6.27. The Morgan fingerprint density at radius 3 is 2.24 bits per heavy atom. The first-order valence-corrected chi connectivity index (χ1v) is 8.91. The molecule has 1 atom stereocenters. The fourth-order valence-corrected chi connectivity index (χ4v) is 2.59. The lowest BCUT2D eigenvalue weighted by molar-refractivity contribution is -0.129. The summed E-state index contributed by atoms with van der Waals surface area (Å²) < 4.78 is 0. The first-order chi connectivity index (χ1) is 10.2. The third-order valence-corrected chi connectivity index (χ3v) is 3.92. The molecule has 0 aromatic rings. The van der Waals surface area contributed by atoms with Gasteiger partial charge in [0.25, 0.3) is 0 Å². The Morgan fingerprint density at radius 2 is 1.71 bits per heavy atom. The Bertz CT molecular complexity index is 252. The molecule has 0 spiro atoms. The van der Waals surface area contributed by atoms with Crippen molar-refractivity contribution < 1.29 is 9.90 Å². The maximum absolute atomic E-state index is 11.6. The molecular weight excluding hydrogens is 288 g/mol. The largest absolute Gasteiger partial charge is 0.391 e. The number of hydrogen-bond acceptors (Lipinski definition) is 3. The van der Waals surface area contributed by atoms with Gasteiger partial charge in [0.2, 0.25) is 5.91 Å². The number of aliphatic hydroxyl groups excluding tert-OH is 1. The minimum absolute atomic E-state index is 0.0511. The lowest BCUT2D eigenvalue weighted by Gasteiger charge is -2.24. The molecule has 0 aliphatic heterocycles. The van der Waals surface area contributed by atoms with Crippen molar-refractivity contribution in [2.24, 2.45) is 5.73 Å². The molecule has 1 amide bonds. The van der Waals surface area contributed by atoms with E-state index in [9.17, 15) is 9.90 Å². The maximum atomic E-state index is 11.6. The van der Waals surface area contributed by atoms with Gasteiger partial charge < -0.3 is 15.7 Å². The first kappa shape index (κ1) is 20.7. The summed E-state index contributed by atoms with van der Waals surface area (Å²) in [6.07, 6.45) is 10.3. The van der Waals surface area contributed by atoms with Crippen LogP contribution in [0.2, 0.25) is 0 Å². The molecule has 126 valence electrons. The SMILES string of the molecule is CCCCCCCCCCC(O)CN(CCN)C(=O)CCl. The van der Waals surface area contributed by atoms with Gasteiger partial charge in [-0.15, -0.1) is 11.6 Å². The van der Waals surface area contributed by atoms with Gasteiger partial charge in [-0.25, -0.2) is 0 Å². The third-order valence-electron chi connectivity index (χ3n) is 3.69. The molecule has 0 aromatic carbocycles. The van der Waals surface area contributed by atoms with E-state index in [1.54, 1.807) is 4.90 Å². The van der Waals surface area contributed by atoms with Crippen LogP contribution in [0.25, 0.3) is 0 Å². The predicted molar refractivity (Wildman–Crippen MR) is 89.6 cm³/mol. The van der Waals surface area contributed by atoms with Gasteiger partial charge in [0.05, 0.1) is 6.10 Å². The van der Waals surface area contributed by atoms with E-state index in [0.29, 0.717) is 19.6 Å². The molecule has 0 saturated heterocycles. The Morgan fingerprint density at radius 1 is 1.14 bits per heavy atom. The number of unbranched alkanes of at least 4 members (excludes halogenated alkanes) is 7. The van der Waals surface area contributed by atoms with Gasteiger partial charge >= 0.3 is 0 Å². The van der Waals surface area contributed by atoms with Crippen molar-refractivity contribution in [3.05, 3.63) is 0 Å². The molecule has 0 aromatic heterocycles. The van der Waals surface area contributed by atoms with E-state index in [4.69, 9.17) is 17.3 Å². The van der Waals surface area contributed by atoms with Crippen LogP contribution >= 0.6 is 11.6 Å². The topological polar surface area (TPSA) is 66.6 Å². The highest BCUT2D eigenvalue weighted by Gasteiger charge is 2.15. The monoisotopic (exact) mass is 320 g/mol. The molecule has 0 saturated carbocycles. The summed E-state index contributed by atoms with van der Waals surface area (Å²) in [4.78, 5) is 13.1. The van der Waals surface area contributed by atoms with Gasteiger partial charge in [-0.05, 0) is 6.42 Å². The van der Waals surface area contributed by atoms with Crippen molar-refractivity contribution >= 4 is 17.5 Å². The van der Waals surface area contributed by atoms with Crippen LogP contribution in [0.4, 0.5) is 0 Å². The van der Waals surface area contributed by atoms with Gasteiger partial charge in [0.15, 0.2) is 0 Å². The summed E-state index contributed by atoms with van der Waals surface area (Å²) in [5, 5.41) is 9.99. The molecule has 1 unspecified atom stereocenters. The standard InChI is InChI=1S/C16H33ClN2O2/c1-2-3-4-5-6-7-8-9-10-15(20)14-19(12-11-18)16(21)13-17/h15,20H,2-14,18H2,1H3. The molecule has 5 heteroatoms. The van der Waals surface area contributed by atoms with Gasteiger partial charge in [-0.1, -0.05) is 58.3 Å². The lowest BCUT2D eigenvalue weighted by Crippen LogP contribution is -2.41. The first-order valence-electron chi connectivity index (χ1n) is 8.37. The van der Waals surface area contributed by atoms with Crippen LogP contribution in [-0.4, -0.2) is 47.5 Å². The zero-order valence-corrected chi connectivity index (χ0v) is 14.3. The summed E-state index contributed by atoms with van der Waals surface area (Å²) in [5.41, 5.74) is 5.47. The van der Waals surface area contributed by atoms with Crippen LogP contribution < -0.4 is 5.73 Å². The van der Waals surface area contributed by atoms with Gasteiger partial charge in [-0.2, -0.15) is 0 Å². The Kier molecular flexibility index (Phi) is 14.4. The summed E-state index contributed by atoms with van der Waals surface area (Å²) in [5.74, 6) is -0.207. The van der Waals surface area contributed by atoms with Crippen LogP contribution in [0.1, 0.15) is 64.7 Å². The van der Waals surface area contributed by atoms with Crippen molar-refractivity contribution in [1.82, 2.24) is 4.90 Å². The molecule has 0 radical (unpaired) electrons. The van der Waals surface area contributed by atoms with Gasteiger partial charge in [0, 0.05) is 19.6 Å². The summed E-state index contributed by atoms with van der Waals surface area (Å²) in [6, 6.07) is 0. The molecule has 0 fully saturated rings. The summed E-state index contributed by atoms with van der Waals surface area (Å²) in [7, 11) is 0. The van der Waals surface area contributed by atoms with Crippen molar-refractivity contribution in [1.29, 1.82) is 0 Å². The van der Waals surface area contributed by atoms with Gasteiger partial charge in [-0.3, -0.25) is 4.79 Å². The Labute approximate surface area is 135 Å². The predicted octanol–water partition coefficient (Wildman–Crippen LogP) is 2.90. The smallest absolute Gasteiger partial charge is 0.237 e. The number of nitrogens with two attached hydrogens (primary N) is 1. The van der Waals surface area contributed by atoms with E-state index >= 15 is 0 Å². The van der Waals surface area contributed by atoms with E-state index in [1.165, 1.54) is 38.5 Å². The lowest BCUT2D eigenvalue weighted by atomic mass is 10.1. The van der Waals surface area contributed by atoms with Crippen molar-refractivity contribution in [2.75, 3.05) is 25.5 Å². The minimum atomic E-state index is -0.469. The summed E-state index contributed by atoms with van der Waals surface area (Å²) in [6.45, 7) is 3.43. The second-order valence-electron chi connectivity index (χ2n) is 5.68. The number of rotatable bonds is 14. The zero-order valence-electron chi connectivity index (χ0n) is 13.5. The molecule has 0 bridgehead atoms. The number of amides is 1. The normalized spacial score (nSPS) is 12.4. The minimum Gasteiger partial charge on any atom is -0.391 e. The van der Waals surface area contributed by atoms with E-state index in [1.807, 2.05) is 0 Å². The van der Waals surface area contributed by atoms with E-state index < -0.39 is 6.10 Å². The van der Waals surface area contributed by atoms with Crippen LogP contribution in [0.15, 0.2) is 0 Å². The van der Waals surface area contributed by atoms with E-state index in [0.717, 1.165) is 19.3 Å². The highest BCUT2D eigenvalue weighted by Crippen LogP contribution is 2.11. The third kappa shape index (κ3) is 12.0. The number of aliphatic hydroxyl groups is 1. The van der Waals surface area contributed by atoms with Gasteiger partial charge in [0.1, 0.15) is 5.88 Å². The van der Waals surface area contributed by atoms with Crippen LogP contribution in [0, 0.1) is 0 Å². The number of alkyl halides is 1. The molecule has 0 aliphatic rings. The number of halogens is 1. The second-order valence-corrected chi connectivity index (χ2v) is 5.95. The molecule has 0 heterocycles. The second kappa shape index (κ2) is 14.6. The molecule has 21 heavy (non-hydrogen) atoms. The van der Waals surface area contributed by atoms with E-state index in [2.05, 4.69) is 6.92 Å². The average molecular weight is 321 g/mol. The van der Waals surface area contributed by atoms with Crippen molar-refractivity contribution in [2.45, 2.75) is 70.8 Å². The fraction of sp³-hybridized carbons (Fsp3) is 0.938. The highest BCUT2D eigenvalue weighted by atomic mass is 35.5. The maximum Gasteiger partial charge on any atom is 0.237 e. The number of carbonyl (C=O) groups is 1. The summed E-state index contributed by atoms with van der Waals surface area (Å²) >= 11 is 5.55. The van der Waals surface area contributed by atoms with Crippen molar-refractivity contribution in [3.63, 3.8) is 0 Å². The Balaban J connectivity index is 3.63. The number of carbonyl (C=O) groups excluding carboxylic acids is 1. The molecular formula is C16H33ClN2O2. The molecule has 3 N–H and O–H groups in total. The van der Waals surface area contributed by atoms with E-state index in [-0.39, 0.29) is 11.8 Å². The number of hydrogen-bond donors (Lipinski definition) is 2. The Hall–Kier alpha value is -0.320. The molecule has 0 rings (SSSR count).